The number of hydrogen-bond donors (Lipinski definition) is 0. The SMILES string of the molecule is COc1cccc(N(C)c2ccncc2CCl)c1. The van der Waals surface area contributed by atoms with Crippen molar-refractivity contribution < 1.29 is 4.74 Å². The first-order valence-electron chi connectivity index (χ1n) is 5.63. The predicted molar refractivity (Wildman–Crippen MR) is 74.9 cm³/mol. The molecule has 0 amide bonds. The minimum Gasteiger partial charge on any atom is -0.497 e. The summed E-state index contributed by atoms with van der Waals surface area (Å²) in [6.45, 7) is 0. The molecule has 2 rings (SSSR count). The monoisotopic (exact) mass is 262 g/mol. The molecule has 4 heteroatoms. The van der Waals surface area contributed by atoms with Crippen LogP contribution in [0.1, 0.15) is 5.56 Å². The van der Waals surface area contributed by atoms with Gasteiger partial charge < -0.3 is 9.64 Å². The zero-order chi connectivity index (χ0) is 13.0. The van der Waals surface area contributed by atoms with Gasteiger partial charge in [-0.05, 0) is 18.2 Å². The highest BCUT2D eigenvalue weighted by Crippen LogP contribution is 2.29. The lowest BCUT2D eigenvalue weighted by Gasteiger charge is -2.22. The minimum atomic E-state index is 0.442. The highest BCUT2D eigenvalue weighted by atomic mass is 35.5. The van der Waals surface area contributed by atoms with Crippen LogP contribution < -0.4 is 9.64 Å². The maximum Gasteiger partial charge on any atom is 0.120 e. The van der Waals surface area contributed by atoms with Crippen molar-refractivity contribution in [2.24, 2.45) is 0 Å². The second-order valence-corrected chi connectivity index (χ2v) is 4.17. The van der Waals surface area contributed by atoms with Crippen molar-refractivity contribution in [3.63, 3.8) is 0 Å². The Bertz CT molecular complexity index is 531. The van der Waals surface area contributed by atoms with Crippen LogP contribution in [0.25, 0.3) is 0 Å². The number of ether oxygens (including phenoxy) is 1. The molecule has 0 aliphatic carbocycles. The zero-order valence-corrected chi connectivity index (χ0v) is 11.2. The highest BCUT2D eigenvalue weighted by molar-refractivity contribution is 6.17. The summed E-state index contributed by atoms with van der Waals surface area (Å²) >= 11 is 5.93. The molecule has 94 valence electrons. The minimum absolute atomic E-state index is 0.442. The first-order chi connectivity index (χ1) is 8.76. The normalized spacial score (nSPS) is 10.2. The van der Waals surface area contributed by atoms with Gasteiger partial charge in [-0.1, -0.05) is 6.07 Å². The molecular formula is C14H15ClN2O. The molecule has 1 heterocycles. The molecule has 0 aliphatic heterocycles. The number of rotatable bonds is 4. The van der Waals surface area contributed by atoms with Crippen molar-refractivity contribution in [2.45, 2.75) is 5.88 Å². The molecule has 18 heavy (non-hydrogen) atoms. The Balaban J connectivity index is 2.37. The Morgan fingerprint density at radius 2 is 2.17 bits per heavy atom. The molecule has 1 aromatic carbocycles. The number of hydrogen-bond acceptors (Lipinski definition) is 3. The Morgan fingerprint density at radius 1 is 1.33 bits per heavy atom. The molecule has 0 atom stereocenters. The van der Waals surface area contributed by atoms with Crippen molar-refractivity contribution >= 4 is 23.0 Å². The van der Waals surface area contributed by atoms with Crippen molar-refractivity contribution in [3.05, 3.63) is 48.3 Å². The molecule has 2 aromatic rings. The fourth-order valence-electron chi connectivity index (χ4n) is 1.81. The summed E-state index contributed by atoms with van der Waals surface area (Å²) in [5.74, 6) is 1.28. The summed E-state index contributed by atoms with van der Waals surface area (Å²) in [7, 11) is 3.66. The standard InChI is InChI=1S/C14H15ClN2O/c1-17(12-4-3-5-13(8-12)18-2)14-6-7-16-10-11(14)9-15/h3-8,10H,9H2,1-2H3. The van der Waals surface area contributed by atoms with Crippen molar-refractivity contribution in [1.29, 1.82) is 0 Å². The number of aromatic nitrogens is 1. The van der Waals surface area contributed by atoms with E-state index in [1.54, 1.807) is 19.5 Å². The Kier molecular flexibility index (Phi) is 4.05. The van der Waals surface area contributed by atoms with Crippen LogP contribution in [0.5, 0.6) is 5.75 Å². The third kappa shape index (κ3) is 2.57. The van der Waals surface area contributed by atoms with Crippen LogP contribution >= 0.6 is 11.6 Å². The molecule has 1 aromatic heterocycles. The highest BCUT2D eigenvalue weighted by Gasteiger charge is 2.09. The molecule has 0 fully saturated rings. The van der Waals surface area contributed by atoms with Gasteiger partial charge in [0.25, 0.3) is 0 Å². The third-order valence-electron chi connectivity index (χ3n) is 2.82. The van der Waals surface area contributed by atoms with E-state index in [1.807, 2.05) is 37.4 Å². The van der Waals surface area contributed by atoms with Gasteiger partial charge >= 0.3 is 0 Å². The molecule has 0 aliphatic rings. The molecule has 0 saturated heterocycles. The largest absolute Gasteiger partial charge is 0.497 e. The zero-order valence-electron chi connectivity index (χ0n) is 10.4. The average molecular weight is 263 g/mol. The van der Waals surface area contributed by atoms with E-state index < -0.39 is 0 Å². The van der Waals surface area contributed by atoms with E-state index in [0.717, 1.165) is 22.7 Å². The van der Waals surface area contributed by atoms with E-state index >= 15 is 0 Å². The van der Waals surface area contributed by atoms with E-state index in [9.17, 15) is 0 Å². The van der Waals surface area contributed by atoms with Crippen LogP contribution in [0.15, 0.2) is 42.7 Å². The van der Waals surface area contributed by atoms with Gasteiger partial charge in [-0.15, -0.1) is 11.6 Å². The van der Waals surface area contributed by atoms with Crippen molar-refractivity contribution in [3.8, 4) is 5.75 Å². The van der Waals surface area contributed by atoms with E-state index in [4.69, 9.17) is 16.3 Å². The smallest absolute Gasteiger partial charge is 0.120 e. The summed E-state index contributed by atoms with van der Waals surface area (Å²) in [5.41, 5.74) is 3.10. The number of halogens is 1. The lowest BCUT2D eigenvalue weighted by molar-refractivity contribution is 0.415. The number of benzene rings is 1. The first-order valence-corrected chi connectivity index (χ1v) is 6.16. The fraction of sp³-hybridized carbons (Fsp3) is 0.214. The quantitative estimate of drug-likeness (QED) is 0.788. The number of pyridine rings is 1. The lowest BCUT2D eigenvalue weighted by atomic mass is 10.2. The van der Waals surface area contributed by atoms with Crippen LogP contribution in [0.3, 0.4) is 0 Å². The van der Waals surface area contributed by atoms with Crippen LogP contribution in [0.2, 0.25) is 0 Å². The van der Waals surface area contributed by atoms with Crippen LogP contribution in [0.4, 0.5) is 11.4 Å². The maximum absolute atomic E-state index is 5.93. The molecule has 0 N–H and O–H groups in total. The molecular weight excluding hydrogens is 248 g/mol. The summed E-state index contributed by atoms with van der Waals surface area (Å²) < 4.78 is 5.23. The van der Waals surface area contributed by atoms with Gasteiger partial charge in [0.1, 0.15) is 5.75 Å². The van der Waals surface area contributed by atoms with Crippen molar-refractivity contribution in [1.82, 2.24) is 4.98 Å². The second-order valence-electron chi connectivity index (χ2n) is 3.90. The van der Waals surface area contributed by atoms with Crippen LogP contribution in [-0.2, 0) is 5.88 Å². The number of alkyl halides is 1. The number of anilines is 2. The van der Waals surface area contributed by atoms with E-state index in [1.165, 1.54) is 0 Å². The third-order valence-corrected chi connectivity index (χ3v) is 3.11. The molecule has 0 saturated carbocycles. The number of methoxy groups -OCH3 is 1. The van der Waals surface area contributed by atoms with Gasteiger partial charge in [0.15, 0.2) is 0 Å². The average Bonchev–Trinajstić information content (AvgIpc) is 2.46. The Morgan fingerprint density at radius 3 is 2.89 bits per heavy atom. The lowest BCUT2D eigenvalue weighted by Crippen LogP contribution is -2.11. The second kappa shape index (κ2) is 5.74. The summed E-state index contributed by atoms with van der Waals surface area (Å²) in [4.78, 5) is 6.16. The fourth-order valence-corrected chi connectivity index (χ4v) is 2.01. The van der Waals surface area contributed by atoms with Gasteiger partial charge in [-0.3, -0.25) is 4.98 Å². The van der Waals surface area contributed by atoms with Gasteiger partial charge in [-0.2, -0.15) is 0 Å². The summed E-state index contributed by atoms with van der Waals surface area (Å²) in [6, 6.07) is 9.86. The van der Waals surface area contributed by atoms with Gasteiger partial charge in [0.05, 0.1) is 13.0 Å². The van der Waals surface area contributed by atoms with Gasteiger partial charge in [0, 0.05) is 42.4 Å². The number of nitrogens with zero attached hydrogens (tertiary/aromatic N) is 2. The Hall–Kier alpha value is -1.74. The van der Waals surface area contributed by atoms with E-state index in [-0.39, 0.29) is 0 Å². The van der Waals surface area contributed by atoms with Crippen molar-refractivity contribution in [2.75, 3.05) is 19.1 Å². The van der Waals surface area contributed by atoms with Crippen LogP contribution in [-0.4, -0.2) is 19.1 Å². The molecule has 0 unspecified atom stereocenters. The van der Waals surface area contributed by atoms with Gasteiger partial charge in [0.2, 0.25) is 0 Å². The Labute approximate surface area is 112 Å². The summed E-state index contributed by atoms with van der Waals surface area (Å²) in [5, 5.41) is 0. The van der Waals surface area contributed by atoms with E-state index in [0.29, 0.717) is 5.88 Å². The van der Waals surface area contributed by atoms with E-state index in [2.05, 4.69) is 9.88 Å². The molecule has 3 nitrogen and oxygen atoms in total. The molecule has 0 bridgehead atoms. The molecule has 0 spiro atoms. The maximum atomic E-state index is 5.93. The molecule has 0 radical (unpaired) electrons. The topological polar surface area (TPSA) is 25.4 Å². The predicted octanol–water partition coefficient (Wildman–Crippen LogP) is 3.60. The first kappa shape index (κ1) is 12.7. The van der Waals surface area contributed by atoms with Gasteiger partial charge in [-0.25, -0.2) is 0 Å². The van der Waals surface area contributed by atoms with Crippen LogP contribution in [0, 0.1) is 0 Å². The summed E-state index contributed by atoms with van der Waals surface area (Å²) in [6.07, 6.45) is 3.56.